The van der Waals surface area contributed by atoms with Crippen LogP contribution in [-0.4, -0.2) is 81.1 Å². The summed E-state index contributed by atoms with van der Waals surface area (Å²) in [6.45, 7) is 1.98. The van der Waals surface area contributed by atoms with E-state index in [2.05, 4.69) is 0 Å². The van der Waals surface area contributed by atoms with Gasteiger partial charge in [-0.15, -0.1) is 0 Å². The molecule has 2 aliphatic heterocycles. The van der Waals surface area contributed by atoms with E-state index in [1.54, 1.807) is 0 Å². The summed E-state index contributed by atoms with van der Waals surface area (Å²) < 4.78 is 0. The van der Waals surface area contributed by atoms with E-state index in [4.69, 9.17) is 0 Å². The molecule has 0 aromatic carbocycles. The zero-order valence-electron chi connectivity index (χ0n) is 9.24. The van der Waals surface area contributed by atoms with Gasteiger partial charge in [-0.25, -0.2) is 0 Å². The topological polar surface area (TPSA) is 87.4 Å². The molecule has 0 bridgehead atoms. The van der Waals surface area contributed by atoms with E-state index in [1.165, 1.54) is 4.90 Å². The SMILES string of the molecule is OC1CN(C(O)[C@H](O)N2CCCC2)CC1O. The molecule has 4 N–H and O–H groups in total. The van der Waals surface area contributed by atoms with Crippen molar-refractivity contribution < 1.29 is 20.4 Å². The van der Waals surface area contributed by atoms with Gasteiger partial charge in [0, 0.05) is 26.2 Å². The van der Waals surface area contributed by atoms with Crippen molar-refractivity contribution in [1.29, 1.82) is 0 Å². The summed E-state index contributed by atoms with van der Waals surface area (Å²) in [7, 11) is 0. The Morgan fingerprint density at radius 2 is 1.25 bits per heavy atom. The number of aliphatic hydroxyl groups is 4. The monoisotopic (exact) mass is 232 g/mol. The zero-order valence-corrected chi connectivity index (χ0v) is 9.24. The van der Waals surface area contributed by atoms with Crippen LogP contribution in [0.25, 0.3) is 0 Å². The number of β-amino-alcohol motifs (C(OH)–C–C–N with tert-alkyl or cyclic N) is 2. The quantitative estimate of drug-likeness (QED) is 0.440. The third kappa shape index (κ3) is 2.37. The maximum atomic E-state index is 9.93. The molecular formula is C10H20N2O4. The first-order valence-corrected chi connectivity index (χ1v) is 5.80. The molecule has 0 saturated carbocycles. The summed E-state index contributed by atoms with van der Waals surface area (Å²) in [5.41, 5.74) is 0. The Balaban J connectivity index is 1.89. The lowest BCUT2D eigenvalue weighted by Crippen LogP contribution is -2.50. The van der Waals surface area contributed by atoms with Crippen LogP contribution in [0, 0.1) is 0 Å². The average Bonchev–Trinajstić information content (AvgIpc) is 2.87. The molecule has 6 heteroatoms. The van der Waals surface area contributed by atoms with Crippen molar-refractivity contribution in [2.75, 3.05) is 26.2 Å². The van der Waals surface area contributed by atoms with Crippen LogP contribution in [-0.2, 0) is 0 Å². The largest absolute Gasteiger partial charge is 0.389 e. The van der Waals surface area contributed by atoms with Crippen LogP contribution in [0.3, 0.4) is 0 Å². The molecule has 4 atom stereocenters. The Kier molecular flexibility index (Phi) is 3.78. The lowest BCUT2D eigenvalue weighted by molar-refractivity contribution is -0.138. The fraction of sp³-hybridized carbons (Fsp3) is 1.00. The van der Waals surface area contributed by atoms with Crippen LogP contribution in [0.15, 0.2) is 0 Å². The van der Waals surface area contributed by atoms with Gasteiger partial charge in [-0.3, -0.25) is 9.80 Å². The van der Waals surface area contributed by atoms with Gasteiger partial charge in [-0.05, 0) is 12.8 Å². The molecule has 3 unspecified atom stereocenters. The Hall–Kier alpha value is -0.240. The minimum atomic E-state index is -1.04. The molecular weight excluding hydrogens is 212 g/mol. The number of aliphatic hydroxyl groups excluding tert-OH is 4. The first kappa shape index (κ1) is 12.2. The van der Waals surface area contributed by atoms with E-state index in [0.29, 0.717) is 0 Å². The van der Waals surface area contributed by atoms with Crippen molar-refractivity contribution in [3.05, 3.63) is 0 Å². The van der Waals surface area contributed by atoms with Gasteiger partial charge in [0.1, 0.15) is 12.5 Å². The molecule has 94 valence electrons. The average molecular weight is 232 g/mol. The number of hydrogen-bond acceptors (Lipinski definition) is 6. The van der Waals surface area contributed by atoms with Gasteiger partial charge in [0.25, 0.3) is 0 Å². The Labute approximate surface area is 94.7 Å². The van der Waals surface area contributed by atoms with Crippen LogP contribution in [0.2, 0.25) is 0 Å². The molecule has 0 aliphatic carbocycles. The highest BCUT2D eigenvalue weighted by atomic mass is 16.4. The molecule has 0 aromatic rings. The van der Waals surface area contributed by atoms with E-state index in [0.717, 1.165) is 25.9 Å². The molecule has 0 aromatic heterocycles. The van der Waals surface area contributed by atoms with Crippen molar-refractivity contribution >= 4 is 0 Å². The highest BCUT2D eigenvalue weighted by Crippen LogP contribution is 2.18. The second-order valence-corrected chi connectivity index (χ2v) is 4.66. The molecule has 6 nitrogen and oxygen atoms in total. The summed E-state index contributed by atoms with van der Waals surface area (Å²) in [5, 5.41) is 38.6. The van der Waals surface area contributed by atoms with Gasteiger partial charge in [0.15, 0.2) is 0 Å². The zero-order chi connectivity index (χ0) is 11.7. The maximum Gasteiger partial charge on any atom is 0.147 e. The Morgan fingerprint density at radius 3 is 1.75 bits per heavy atom. The second-order valence-electron chi connectivity index (χ2n) is 4.66. The third-order valence-electron chi connectivity index (χ3n) is 3.44. The molecule has 16 heavy (non-hydrogen) atoms. The van der Waals surface area contributed by atoms with E-state index in [1.807, 2.05) is 4.90 Å². The number of likely N-dealkylation sites (tertiary alicyclic amines) is 2. The summed E-state index contributed by atoms with van der Waals surface area (Å²) in [4.78, 5) is 3.33. The first-order valence-electron chi connectivity index (χ1n) is 5.80. The van der Waals surface area contributed by atoms with E-state index < -0.39 is 24.7 Å². The summed E-state index contributed by atoms with van der Waals surface area (Å²) in [5.74, 6) is 0. The Bertz CT molecular complexity index is 223. The molecule has 0 radical (unpaired) electrons. The normalized spacial score (nSPS) is 36.8. The lowest BCUT2D eigenvalue weighted by Gasteiger charge is -2.32. The highest BCUT2D eigenvalue weighted by Gasteiger charge is 2.37. The van der Waals surface area contributed by atoms with Crippen molar-refractivity contribution in [2.45, 2.75) is 37.5 Å². The molecule has 2 rings (SSSR count). The summed E-state index contributed by atoms with van der Waals surface area (Å²) in [6, 6.07) is 0. The summed E-state index contributed by atoms with van der Waals surface area (Å²) in [6.07, 6.45) is -1.56. The minimum Gasteiger partial charge on any atom is -0.389 e. The van der Waals surface area contributed by atoms with Gasteiger partial charge >= 0.3 is 0 Å². The highest BCUT2D eigenvalue weighted by molar-refractivity contribution is 4.86. The molecule has 2 fully saturated rings. The third-order valence-corrected chi connectivity index (χ3v) is 3.44. The fourth-order valence-corrected chi connectivity index (χ4v) is 2.40. The van der Waals surface area contributed by atoms with Gasteiger partial charge in [0.2, 0.25) is 0 Å². The molecule has 0 amide bonds. The number of rotatable bonds is 3. The Morgan fingerprint density at radius 1 is 0.812 bits per heavy atom. The first-order chi connectivity index (χ1) is 7.59. The standard InChI is InChI=1S/C10H20N2O4/c13-7-5-12(6-8(7)14)10(16)9(15)11-3-1-2-4-11/h7-10,13-16H,1-6H2/t7?,8?,9-,10?/m0/s1. The van der Waals surface area contributed by atoms with Crippen LogP contribution in [0.4, 0.5) is 0 Å². The van der Waals surface area contributed by atoms with Gasteiger partial charge in [0.05, 0.1) is 12.2 Å². The van der Waals surface area contributed by atoms with Crippen molar-refractivity contribution in [3.8, 4) is 0 Å². The molecule has 2 aliphatic rings. The van der Waals surface area contributed by atoms with Crippen molar-refractivity contribution in [1.82, 2.24) is 9.80 Å². The van der Waals surface area contributed by atoms with E-state index >= 15 is 0 Å². The summed E-state index contributed by atoms with van der Waals surface area (Å²) >= 11 is 0. The van der Waals surface area contributed by atoms with Gasteiger partial charge in [-0.2, -0.15) is 0 Å². The molecule has 2 saturated heterocycles. The van der Waals surface area contributed by atoms with Crippen LogP contribution in [0.1, 0.15) is 12.8 Å². The van der Waals surface area contributed by atoms with Crippen LogP contribution in [0.5, 0.6) is 0 Å². The maximum absolute atomic E-state index is 9.93. The van der Waals surface area contributed by atoms with Gasteiger partial charge in [-0.1, -0.05) is 0 Å². The lowest BCUT2D eigenvalue weighted by atomic mass is 10.3. The van der Waals surface area contributed by atoms with Crippen LogP contribution >= 0.6 is 0 Å². The van der Waals surface area contributed by atoms with Crippen molar-refractivity contribution in [2.24, 2.45) is 0 Å². The smallest absolute Gasteiger partial charge is 0.147 e. The second kappa shape index (κ2) is 4.95. The van der Waals surface area contributed by atoms with E-state index in [9.17, 15) is 20.4 Å². The van der Waals surface area contributed by atoms with Crippen LogP contribution < -0.4 is 0 Å². The number of hydrogen-bond donors (Lipinski definition) is 4. The van der Waals surface area contributed by atoms with Crippen molar-refractivity contribution in [3.63, 3.8) is 0 Å². The predicted octanol–water partition coefficient (Wildman–Crippen LogP) is -2.24. The predicted molar refractivity (Wildman–Crippen MR) is 56.4 cm³/mol. The fourth-order valence-electron chi connectivity index (χ4n) is 2.40. The van der Waals surface area contributed by atoms with Gasteiger partial charge < -0.3 is 20.4 Å². The number of nitrogens with zero attached hydrogens (tertiary/aromatic N) is 2. The minimum absolute atomic E-state index is 0.202. The van der Waals surface area contributed by atoms with E-state index in [-0.39, 0.29) is 13.1 Å². The molecule has 2 heterocycles. The molecule has 0 spiro atoms.